The molecule has 2 aromatic carbocycles. The number of amides is 4. The first-order valence-electron chi connectivity index (χ1n) is 16.5. The lowest BCUT2D eigenvalue weighted by atomic mass is 10.00. The van der Waals surface area contributed by atoms with E-state index in [1.165, 1.54) is 16.0 Å². The lowest BCUT2D eigenvalue weighted by Gasteiger charge is -2.43. The molecule has 0 unspecified atom stereocenters. The Kier molecular flexibility index (Phi) is 11.9. The summed E-state index contributed by atoms with van der Waals surface area (Å²) in [7, 11) is 0. The number of aryl methyl sites for hydroxylation is 1. The first kappa shape index (κ1) is 35.7. The van der Waals surface area contributed by atoms with Crippen molar-refractivity contribution in [2.24, 2.45) is 0 Å². The third-order valence-corrected chi connectivity index (χ3v) is 8.08. The van der Waals surface area contributed by atoms with Crippen LogP contribution in [0.4, 0.5) is 9.59 Å². The van der Waals surface area contributed by atoms with Crippen molar-refractivity contribution >= 4 is 24.0 Å². The van der Waals surface area contributed by atoms with E-state index in [-0.39, 0.29) is 31.5 Å². The second kappa shape index (κ2) is 15.6. The highest BCUT2D eigenvalue weighted by Crippen LogP contribution is 2.27. The number of hydrogen-bond acceptors (Lipinski definition) is 7. The lowest BCUT2D eigenvalue weighted by Crippen LogP contribution is -2.59. The summed E-state index contributed by atoms with van der Waals surface area (Å²) >= 11 is 0. The Hall–Kier alpha value is -4.12. The molecule has 0 bridgehead atoms. The monoisotopic (exact) mass is 649 g/mol. The first-order chi connectivity index (χ1) is 22.2. The number of rotatable bonds is 9. The van der Waals surface area contributed by atoms with E-state index in [1.54, 1.807) is 41.5 Å². The Balaban J connectivity index is 1.48. The summed E-state index contributed by atoms with van der Waals surface area (Å²) in [6.45, 7) is 13.1. The van der Waals surface area contributed by atoms with Crippen LogP contribution in [0.5, 0.6) is 0 Å². The summed E-state index contributed by atoms with van der Waals surface area (Å²) in [5.74, 6) is -0.578. The van der Waals surface area contributed by atoms with Crippen LogP contribution in [0.3, 0.4) is 0 Å². The average molecular weight is 650 g/mol. The maximum atomic E-state index is 14.4. The minimum atomic E-state index is -0.797. The van der Waals surface area contributed by atoms with Gasteiger partial charge in [-0.25, -0.2) is 9.59 Å². The molecule has 2 saturated heterocycles. The van der Waals surface area contributed by atoms with E-state index in [1.807, 2.05) is 41.3 Å². The topological polar surface area (TPSA) is 121 Å². The van der Waals surface area contributed by atoms with Crippen molar-refractivity contribution in [1.29, 1.82) is 0 Å². The number of likely N-dealkylation sites (tertiary alicyclic amines) is 1. The zero-order valence-electron chi connectivity index (χ0n) is 28.7. The summed E-state index contributed by atoms with van der Waals surface area (Å²) in [5, 5.41) is 5.35. The average Bonchev–Trinajstić information content (AvgIpc) is 3.42. The molecule has 2 N–H and O–H groups in total. The van der Waals surface area contributed by atoms with Gasteiger partial charge in [-0.15, -0.1) is 0 Å². The minimum absolute atomic E-state index is 0.0627. The third-order valence-electron chi connectivity index (χ3n) is 8.08. The van der Waals surface area contributed by atoms with Gasteiger partial charge in [0.05, 0.1) is 0 Å². The molecule has 11 heteroatoms. The molecular formula is C36H51N5O6. The van der Waals surface area contributed by atoms with E-state index in [0.29, 0.717) is 19.6 Å². The largest absolute Gasteiger partial charge is 0.444 e. The number of piperazine rings is 1. The zero-order valence-corrected chi connectivity index (χ0v) is 28.7. The zero-order chi connectivity index (χ0) is 34.2. The number of benzene rings is 2. The molecule has 0 aliphatic carbocycles. The number of alkyl carbamates (subject to hydrolysis) is 1. The maximum Gasteiger partial charge on any atom is 0.411 e. The van der Waals surface area contributed by atoms with Crippen LogP contribution < -0.4 is 10.6 Å². The van der Waals surface area contributed by atoms with E-state index in [2.05, 4.69) is 39.8 Å². The second-order valence-electron chi connectivity index (χ2n) is 14.4. The van der Waals surface area contributed by atoms with Gasteiger partial charge in [-0.05, 0) is 71.9 Å². The number of nitrogens with zero attached hydrogens (tertiary/aromatic N) is 3. The van der Waals surface area contributed by atoms with Gasteiger partial charge in [-0.3, -0.25) is 19.4 Å². The van der Waals surface area contributed by atoms with Crippen molar-refractivity contribution in [3.8, 4) is 0 Å². The van der Waals surface area contributed by atoms with Crippen molar-refractivity contribution in [1.82, 2.24) is 25.3 Å². The van der Waals surface area contributed by atoms with Crippen molar-refractivity contribution in [2.75, 3.05) is 32.7 Å². The van der Waals surface area contributed by atoms with Crippen LogP contribution in [-0.4, -0.2) is 101 Å². The molecule has 2 heterocycles. The van der Waals surface area contributed by atoms with Gasteiger partial charge in [0.2, 0.25) is 11.8 Å². The van der Waals surface area contributed by atoms with Gasteiger partial charge in [-0.1, -0.05) is 60.7 Å². The van der Waals surface area contributed by atoms with Crippen LogP contribution in [0.25, 0.3) is 0 Å². The van der Waals surface area contributed by atoms with Crippen molar-refractivity contribution in [2.45, 2.75) is 96.7 Å². The molecule has 0 saturated carbocycles. The van der Waals surface area contributed by atoms with Crippen LogP contribution >= 0.6 is 0 Å². The van der Waals surface area contributed by atoms with Gasteiger partial charge in [-0.2, -0.15) is 0 Å². The number of nitrogens with one attached hydrogen (secondary N) is 2. The Bertz CT molecular complexity index is 1360. The highest BCUT2D eigenvalue weighted by atomic mass is 16.6. The molecule has 2 aliphatic rings. The van der Waals surface area contributed by atoms with Gasteiger partial charge in [0.25, 0.3) is 0 Å². The summed E-state index contributed by atoms with van der Waals surface area (Å²) in [4.78, 5) is 58.5. The summed E-state index contributed by atoms with van der Waals surface area (Å²) < 4.78 is 10.9. The highest BCUT2D eigenvalue weighted by molar-refractivity contribution is 5.88. The summed E-state index contributed by atoms with van der Waals surface area (Å²) in [6, 6.07) is 19.2. The fourth-order valence-electron chi connectivity index (χ4n) is 6.05. The molecule has 2 aromatic rings. The Morgan fingerprint density at radius 1 is 0.787 bits per heavy atom. The third kappa shape index (κ3) is 11.3. The van der Waals surface area contributed by atoms with Crippen LogP contribution in [0.15, 0.2) is 60.7 Å². The van der Waals surface area contributed by atoms with Gasteiger partial charge < -0.3 is 25.0 Å². The fraction of sp³-hybridized carbons (Fsp3) is 0.556. The molecule has 11 nitrogen and oxygen atoms in total. The quantitative estimate of drug-likeness (QED) is 0.415. The Morgan fingerprint density at radius 3 is 2.02 bits per heavy atom. The Morgan fingerprint density at radius 2 is 1.40 bits per heavy atom. The molecule has 3 atom stereocenters. The second-order valence-corrected chi connectivity index (χ2v) is 14.4. The molecular weight excluding hydrogens is 598 g/mol. The molecule has 0 radical (unpaired) electrons. The number of carbonyl (C=O) groups is 4. The number of ether oxygens (including phenoxy) is 2. The standard InChI is InChI=1S/C36H51N5O6/c1-35(2,3)46-33(44)37-22-31(42)38-28-21-30(41(24-28)34(45)47-36(4,5)6)32(43)40-20-19-39(23-27-15-11-8-12-16-27)25-29(40)18-17-26-13-9-7-10-14-26/h7-16,28-30H,17-25H2,1-6H3,(H,37,44)(H,38,42)/t28-,29+,30+/m0/s1. The van der Waals surface area contributed by atoms with Gasteiger partial charge in [0, 0.05) is 44.8 Å². The maximum absolute atomic E-state index is 14.4. The molecule has 256 valence electrons. The van der Waals surface area contributed by atoms with E-state index < -0.39 is 41.4 Å². The summed E-state index contributed by atoms with van der Waals surface area (Å²) in [5.41, 5.74) is 0.976. The highest BCUT2D eigenvalue weighted by Gasteiger charge is 2.45. The molecule has 4 amide bonds. The smallest absolute Gasteiger partial charge is 0.411 e. The molecule has 0 aromatic heterocycles. The van der Waals surface area contributed by atoms with Crippen LogP contribution in [-0.2, 0) is 32.0 Å². The minimum Gasteiger partial charge on any atom is -0.444 e. The Labute approximate surface area is 278 Å². The predicted octanol–water partition coefficient (Wildman–Crippen LogP) is 4.35. The molecule has 4 rings (SSSR count). The van der Waals surface area contributed by atoms with Crippen molar-refractivity contribution in [3.05, 3.63) is 71.8 Å². The molecule has 0 spiro atoms. The fourth-order valence-corrected chi connectivity index (χ4v) is 6.05. The molecule has 2 fully saturated rings. The number of carbonyl (C=O) groups excluding carboxylic acids is 4. The van der Waals surface area contributed by atoms with Crippen LogP contribution in [0.1, 0.15) is 65.5 Å². The van der Waals surface area contributed by atoms with E-state index in [0.717, 1.165) is 19.4 Å². The van der Waals surface area contributed by atoms with Crippen LogP contribution in [0.2, 0.25) is 0 Å². The molecule has 47 heavy (non-hydrogen) atoms. The SMILES string of the molecule is CC(C)(C)OC(=O)NCC(=O)N[C@H]1C[C@H](C(=O)N2CCN(Cc3ccccc3)C[C@H]2CCc2ccccc2)N(C(=O)OC(C)(C)C)C1. The summed E-state index contributed by atoms with van der Waals surface area (Å²) in [6.07, 6.45) is 0.541. The van der Waals surface area contributed by atoms with Crippen molar-refractivity contribution in [3.63, 3.8) is 0 Å². The predicted molar refractivity (Wildman–Crippen MR) is 179 cm³/mol. The van der Waals surface area contributed by atoms with Gasteiger partial charge in [0.1, 0.15) is 23.8 Å². The lowest BCUT2D eigenvalue weighted by molar-refractivity contribution is -0.141. The van der Waals surface area contributed by atoms with E-state index in [9.17, 15) is 19.2 Å². The van der Waals surface area contributed by atoms with Crippen LogP contribution in [0, 0.1) is 0 Å². The van der Waals surface area contributed by atoms with Crippen molar-refractivity contribution < 1.29 is 28.7 Å². The van der Waals surface area contributed by atoms with Gasteiger partial charge >= 0.3 is 12.2 Å². The molecule has 2 aliphatic heterocycles. The normalized spacial score (nSPS) is 20.4. The van der Waals surface area contributed by atoms with Gasteiger partial charge in [0.15, 0.2) is 0 Å². The first-order valence-corrected chi connectivity index (χ1v) is 16.5. The van der Waals surface area contributed by atoms with E-state index in [4.69, 9.17) is 9.47 Å². The number of hydrogen-bond donors (Lipinski definition) is 2. The van der Waals surface area contributed by atoms with E-state index >= 15 is 0 Å².